The Kier molecular flexibility index (Phi) is 9.28. The Morgan fingerprint density at radius 1 is 0.957 bits per heavy atom. The first-order valence-electron chi connectivity index (χ1n) is 17.0. The summed E-state index contributed by atoms with van der Waals surface area (Å²) < 4.78 is 39.7. The lowest BCUT2D eigenvalue weighted by Crippen LogP contribution is -2.66. The number of fused-ring (bicyclic) bond motifs is 1. The highest BCUT2D eigenvalue weighted by molar-refractivity contribution is 7.89. The van der Waals surface area contributed by atoms with Gasteiger partial charge in [-0.1, -0.05) is 99.1 Å². The van der Waals surface area contributed by atoms with Gasteiger partial charge in [-0.3, -0.25) is 4.79 Å². The van der Waals surface area contributed by atoms with Gasteiger partial charge in [-0.15, -0.1) is 0 Å². The highest BCUT2D eigenvalue weighted by Gasteiger charge is 2.64. The van der Waals surface area contributed by atoms with E-state index in [-0.39, 0.29) is 39.3 Å². The Morgan fingerprint density at radius 3 is 2.15 bits per heavy atom. The van der Waals surface area contributed by atoms with Gasteiger partial charge >= 0.3 is 5.97 Å². The quantitative estimate of drug-likeness (QED) is 0.111. The molecule has 0 aliphatic heterocycles. The number of ether oxygens (including phenoxy) is 1. The zero-order valence-corrected chi connectivity index (χ0v) is 30.1. The third kappa shape index (κ3) is 6.22. The van der Waals surface area contributed by atoms with E-state index in [2.05, 4.69) is 91.4 Å². The first kappa shape index (κ1) is 33.6. The summed E-state index contributed by atoms with van der Waals surface area (Å²) >= 11 is 0. The van der Waals surface area contributed by atoms with Crippen LogP contribution in [0.4, 0.5) is 0 Å². The number of hydrazone groups is 1. The topological polar surface area (TPSA) is 94.1 Å². The van der Waals surface area contributed by atoms with Crippen molar-refractivity contribution in [2.75, 3.05) is 6.61 Å². The van der Waals surface area contributed by atoms with E-state index in [0.717, 1.165) is 49.8 Å². The normalized spacial score (nSPS) is 26.4. The first-order valence-corrected chi connectivity index (χ1v) is 20.3. The van der Waals surface area contributed by atoms with E-state index in [9.17, 15) is 13.2 Å². The summed E-state index contributed by atoms with van der Waals surface area (Å²) in [6, 6.07) is 28.2. The second-order valence-electron chi connectivity index (χ2n) is 14.8. The fourth-order valence-corrected chi connectivity index (χ4v) is 14.6. The average Bonchev–Trinajstić information content (AvgIpc) is 3.26. The summed E-state index contributed by atoms with van der Waals surface area (Å²) in [5.74, 6) is 0.165. The zero-order chi connectivity index (χ0) is 33.5. The molecule has 0 aromatic heterocycles. The summed E-state index contributed by atoms with van der Waals surface area (Å²) in [6.07, 6.45) is 5.18. The van der Waals surface area contributed by atoms with Crippen molar-refractivity contribution in [1.82, 2.24) is 4.83 Å². The first-order chi connectivity index (χ1) is 22.4. The molecule has 4 aliphatic rings. The van der Waals surface area contributed by atoms with Gasteiger partial charge < -0.3 is 9.16 Å². The number of hydrogen-bond acceptors (Lipinski definition) is 6. The van der Waals surface area contributed by atoms with Gasteiger partial charge in [-0.05, 0) is 90.2 Å². The van der Waals surface area contributed by atoms with Crippen LogP contribution in [0.25, 0.3) is 0 Å². The second kappa shape index (κ2) is 13.0. The summed E-state index contributed by atoms with van der Waals surface area (Å²) in [5.41, 5.74) is 1.72. The minimum Gasteiger partial charge on any atom is -0.462 e. The average molecular weight is 673 g/mol. The van der Waals surface area contributed by atoms with E-state index in [0.29, 0.717) is 12.5 Å². The fraction of sp³-hybridized carbons (Fsp3) is 0.474. The van der Waals surface area contributed by atoms with Crippen molar-refractivity contribution in [2.24, 2.45) is 28.3 Å². The number of hydrogen-bond donors (Lipinski definition) is 1. The molecule has 1 N–H and O–H groups in total. The highest BCUT2D eigenvalue weighted by atomic mass is 32.2. The number of sulfonamides is 1. The molecule has 4 unspecified atom stereocenters. The van der Waals surface area contributed by atoms with E-state index >= 15 is 0 Å². The van der Waals surface area contributed by atoms with Crippen LogP contribution in [0.15, 0.2) is 94.9 Å². The molecule has 0 spiro atoms. The lowest BCUT2D eigenvalue weighted by atomic mass is 9.51. The van der Waals surface area contributed by atoms with Crippen molar-refractivity contribution in [3.8, 4) is 0 Å². The highest BCUT2D eigenvalue weighted by Crippen LogP contribution is 2.65. The Bertz CT molecular complexity index is 1670. The van der Waals surface area contributed by atoms with Gasteiger partial charge in [0.2, 0.25) is 0 Å². The standard InChI is InChI=1S/C38H48N2O5SSi/c1-27-17-19-31(20-18-27)46(42,43)40-39-36-29-21-23-38(30(25-29)26-34(35(36)38)45-28(2)41)22-12-24-44-47(37(3,4)5,32-13-8-6-9-14-32)33-15-10-7-11-16-33/h6-11,13-20,29-30,34-35,40H,12,21-26H2,1-5H3/b39-36+/t29?,30?,34-,35?,38?/m0/s1. The molecule has 4 bridgehead atoms. The molecular weight excluding hydrogens is 625 g/mol. The fourth-order valence-electron chi connectivity index (χ4n) is 9.12. The third-order valence-electron chi connectivity index (χ3n) is 11.1. The van der Waals surface area contributed by atoms with Gasteiger partial charge in [0.25, 0.3) is 18.3 Å². The lowest BCUT2D eigenvalue weighted by Gasteiger charge is -2.53. The zero-order valence-electron chi connectivity index (χ0n) is 28.2. The summed E-state index contributed by atoms with van der Waals surface area (Å²) in [6.45, 7) is 10.9. The molecule has 0 radical (unpaired) electrons. The van der Waals surface area contributed by atoms with Crippen molar-refractivity contribution in [3.63, 3.8) is 0 Å². The van der Waals surface area contributed by atoms with Gasteiger partial charge in [0.15, 0.2) is 0 Å². The van der Waals surface area contributed by atoms with Crippen LogP contribution < -0.4 is 15.2 Å². The van der Waals surface area contributed by atoms with E-state index < -0.39 is 18.3 Å². The molecule has 4 aliphatic carbocycles. The molecule has 5 atom stereocenters. The van der Waals surface area contributed by atoms with Crippen molar-refractivity contribution in [1.29, 1.82) is 0 Å². The molecule has 9 heteroatoms. The minimum atomic E-state index is -3.84. The monoisotopic (exact) mass is 672 g/mol. The number of aryl methyl sites for hydroxylation is 1. The smallest absolute Gasteiger partial charge is 0.302 e. The van der Waals surface area contributed by atoms with Crippen LogP contribution in [0.5, 0.6) is 0 Å². The molecule has 7 nitrogen and oxygen atoms in total. The molecular formula is C38H48N2O5SSi. The van der Waals surface area contributed by atoms with Crippen molar-refractivity contribution in [2.45, 2.75) is 89.2 Å². The Labute approximate surface area is 281 Å². The predicted octanol–water partition coefficient (Wildman–Crippen LogP) is 6.35. The number of benzene rings is 3. The summed E-state index contributed by atoms with van der Waals surface area (Å²) in [7, 11) is -6.50. The SMILES string of the molecule is CC(=O)O[C@H]1CC2CC3CCC2(CCCO[Si](c2ccccc2)(c2ccccc2)C(C)(C)C)C1/C3=N/NS(=O)(=O)c1ccc(C)cc1. The van der Waals surface area contributed by atoms with Gasteiger partial charge in [0.05, 0.1) is 4.90 Å². The van der Waals surface area contributed by atoms with E-state index in [4.69, 9.17) is 9.16 Å². The second-order valence-corrected chi connectivity index (χ2v) is 20.8. The number of nitrogens with one attached hydrogen (secondary N) is 1. The molecule has 4 saturated carbocycles. The lowest BCUT2D eigenvalue weighted by molar-refractivity contribution is -0.147. The van der Waals surface area contributed by atoms with Crippen LogP contribution in [0.1, 0.15) is 71.8 Å². The molecule has 47 heavy (non-hydrogen) atoms. The van der Waals surface area contributed by atoms with Crippen LogP contribution >= 0.6 is 0 Å². The van der Waals surface area contributed by atoms with Crippen LogP contribution in [0.3, 0.4) is 0 Å². The maximum atomic E-state index is 13.2. The van der Waals surface area contributed by atoms with Crippen LogP contribution in [-0.4, -0.2) is 41.1 Å². The molecule has 0 heterocycles. The maximum absolute atomic E-state index is 13.2. The largest absolute Gasteiger partial charge is 0.462 e. The van der Waals surface area contributed by atoms with Crippen molar-refractivity contribution >= 4 is 40.4 Å². The molecule has 250 valence electrons. The minimum absolute atomic E-state index is 0.106. The number of carbonyl (C=O) groups is 1. The van der Waals surface area contributed by atoms with Gasteiger partial charge in [-0.25, -0.2) is 4.83 Å². The number of carbonyl (C=O) groups excluding carboxylic acids is 1. The Morgan fingerprint density at radius 2 is 1.57 bits per heavy atom. The number of rotatable bonds is 11. The molecule has 7 rings (SSSR count). The van der Waals surface area contributed by atoms with Crippen molar-refractivity contribution < 1.29 is 22.4 Å². The molecule has 0 amide bonds. The van der Waals surface area contributed by atoms with Crippen molar-refractivity contribution in [3.05, 3.63) is 90.5 Å². The maximum Gasteiger partial charge on any atom is 0.302 e. The Balaban J connectivity index is 1.27. The van der Waals surface area contributed by atoms with E-state index in [1.807, 2.05) is 6.92 Å². The Hall–Kier alpha value is -3.27. The van der Waals surface area contributed by atoms with E-state index in [1.54, 1.807) is 24.3 Å². The molecule has 0 saturated heterocycles. The molecule has 3 aromatic rings. The molecule has 3 aromatic carbocycles. The van der Waals surface area contributed by atoms with Gasteiger partial charge in [-0.2, -0.15) is 13.5 Å². The van der Waals surface area contributed by atoms with Crippen LogP contribution in [0, 0.1) is 30.1 Å². The summed E-state index contributed by atoms with van der Waals surface area (Å²) in [4.78, 5) is 15.0. The van der Waals surface area contributed by atoms with Gasteiger partial charge in [0.1, 0.15) is 6.10 Å². The number of nitrogens with zero attached hydrogens (tertiary/aromatic N) is 1. The molecule has 4 fully saturated rings. The van der Waals surface area contributed by atoms with Gasteiger partial charge in [0, 0.05) is 25.2 Å². The van der Waals surface area contributed by atoms with Crippen LogP contribution in [-0.2, 0) is 24.0 Å². The predicted molar refractivity (Wildman–Crippen MR) is 189 cm³/mol. The van der Waals surface area contributed by atoms with E-state index in [1.165, 1.54) is 17.3 Å². The van der Waals surface area contributed by atoms with Crippen LogP contribution in [0.2, 0.25) is 5.04 Å². The summed E-state index contributed by atoms with van der Waals surface area (Å²) in [5, 5.41) is 7.08. The third-order valence-corrected chi connectivity index (χ3v) is 17.3. The number of esters is 1.